The maximum absolute atomic E-state index is 12.7. The largest absolute Gasteiger partial charge is 0.296 e. The maximum Gasteiger partial charge on any atom is 0.168 e. The Labute approximate surface area is 85.6 Å². The van der Waals surface area contributed by atoms with Crippen LogP contribution in [0.4, 0.5) is 4.39 Å². The van der Waals surface area contributed by atoms with Crippen LogP contribution in [-0.2, 0) is 0 Å². The van der Waals surface area contributed by atoms with Gasteiger partial charge in [0.2, 0.25) is 0 Å². The molecule has 3 nitrogen and oxygen atoms in total. The lowest BCUT2D eigenvalue weighted by Crippen LogP contribution is -1.91. The van der Waals surface area contributed by atoms with E-state index in [1.54, 1.807) is 18.2 Å². The predicted octanol–water partition coefficient (Wildman–Crippen LogP) is 2.10. The molecule has 0 unspecified atom stereocenters. The Morgan fingerprint density at radius 1 is 1.13 bits per heavy atom. The molecular weight excluding hydrogens is 195 g/mol. The summed E-state index contributed by atoms with van der Waals surface area (Å²) >= 11 is 0. The molecular formula is C11H7FN2O. The van der Waals surface area contributed by atoms with Crippen molar-refractivity contribution >= 4 is 6.29 Å². The van der Waals surface area contributed by atoms with Crippen LogP contribution in [0.1, 0.15) is 10.5 Å². The monoisotopic (exact) mass is 202 g/mol. The van der Waals surface area contributed by atoms with Gasteiger partial charge in [-0.2, -0.15) is 0 Å². The van der Waals surface area contributed by atoms with Crippen molar-refractivity contribution in [1.29, 1.82) is 0 Å². The molecule has 0 atom stereocenters. The molecule has 0 fully saturated rings. The third-order valence-electron chi connectivity index (χ3n) is 1.95. The van der Waals surface area contributed by atoms with Crippen LogP contribution < -0.4 is 0 Å². The Kier molecular flexibility index (Phi) is 2.49. The van der Waals surface area contributed by atoms with Crippen molar-refractivity contribution in [1.82, 2.24) is 9.97 Å². The second-order valence-corrected chi connectivity index (χ2v) is 2.95. The maximum atomic E-state index is 12.7. The lowest BCUT2D eigenvalue weighted by molar-refractivity contribution is 0.111. The molecule has 1 heterocycles. The summed E-state index contributed by atoms with van der Waals surface area (Å²) in [7, 11) is 0. The molecule has 0 aliphatic rings. The minimum atomic E-state index is -0.302. The van der Waals surface area contributed by atoms with E-state index in [4.69, 9.17) is 0 Å². The second-order valence-electron chi connectivity index (χ2n) is 2.95. The lowest BCUT2D eigenvalue weighted by atomic mass is 10.1. The fourth-order valence-electron chi connectivity index (χ4n) is 1.22. The fourth-order valence-corrected chi connectivity index (χ4v) is 1.22. The zero-order valence-corrected chi connectivity index (χ0v) is 7.72. The molecule has 0 bridgehead atoms. The summed E-state index contributed by atoms with van der Waals surface area (Å²) in [5, 5.41) is 0. The average Bonchev–Trinajstić information content (AvgIpc) is 2.30. The van der Waals surface area contributed by atoms with Crippen LogP contribution in [0.15, 0.2) is 36.7 Å². The van der Waals surface area contributed by atoms with Gasteiger partial charge in [0, 0.05) is 5.56 Å². The van der Waals surface area contributed by atoms with Gasteiger partial charge in [-0.3, -0.25) is 4.79 Å². The molecule has 2 rings (SSSR count). The van der Waals surface area contributed by atoms with Crippen LogP contribution in [0.3, 0.4) is 0 Å². The van der Waals surface area contributed by atoms with Crippen LogP contribution in [0, 0.1) is 5.82 Å². The van der Waals surface area contributed by atoms with Crippen molar-refractivity contribution in [2.75, 3.05) is 0 Å². The topological polar surface area (TPSA) is 42.9 Å². The number of carbonyl (C=O) groups is 1. The molecule has 2 aromatic rings. The third-order valence-corrected chi connectivity index (χ3v) is 1.95. The number of rotatable bonds is 2. The Morgan fingerprint density at radius 3 is 2.53 bits per heavy atom. The zero-order chi connectivity index (χ0) is 10.7. The van der Waals surface area contributed by atoms with Crippen molar-refractivity contribution in [3.05, 3.63) is 48.2 Å². The highest BCUT2D eigenvalue weighted by molar-refractivity contribution is 5.74. The van der Waals surface area contributed by atoms with E-state index in [1.165, 1.54) is 18.5 Å². The van der Waals surface area contributed by atoms with Crippen molar-refractivity contribution in [2.24, 2.45) is 0 Å². The molecule has 4 heteroatoms. The molecule has 0 aliphatic heterocycles. The van der Waals surface area contributed by atoms with Gasteiger partial charge in [-0.1, -0.05) is 0 Å². The number of hydrogen-bond acceptors (Lipinski definition) is 3. The first-order chi connectivity index (χ1) is 7.29. The highest BCUT2D eigenvalue weighted by atomic mass is 19.1. The van der Waals surface area contributed by atoms with Gasteiger partial charge in [0.15, 0.2) is 6.29 Å². The van der Waals surface area contributed by atoms with Crippen molar-refractivity contribution in [2.45, 2.75) is 0 Å². The van der Waals surface area contributed by atoms with E-state index in [1.807, 2.05) is 0 Å². The lowest BCUT2D eigenvalue weighted by Gasteiger charge is -1.99. The highest BCUT2D eigenvalue weighted by Gasteiger charge is 2.01. The van der Waals surface area contributed by atoms with Crippen molar-refractivity contribution in [3.8, 4) is 11.3 Å². The number of benzene rings is 1. The minimum absolute atomic E-state index is 0.302. The molecule has 0 aliphatic carbocycles. The SMILES string of the molecule is O=Cc1cc(-c2ccc(F)cc2)ncn1. The number of aldehydes is 1. The molecule has 0 spiro atoms. The van der Waals surface area contributed by atoms with Gasteiger partial charge >= 0.3 is 0 Å². The Bertz CT molecular complexity index is 482. The summed E-state index contributed by atoms with van der Waals surface area (Å²) in [6.07, 6.45) is 1.96. The molecule has 0 saturated heterocycles. The summed E-state index contributed by atoms with van der Waals surface area (Å²) in [5.74, 6) is -0.302. The molecule has 1 aromatic heterocycles. The van der Waals surface area contributed by atoms with Crippen LogP contribution >= 0.6 is 0 Å². The fraction of sp³-hybridized carbons (Fsp3) is 0. The van der Waals surface area contributed by atoms with Gasteiger partial charge in [-0.05, 0) is 30.3 Å². The standard InChI is InChI=1S/C11H7FN2O/c12-9-3-1-8(2-4-9)11-5-10(6-15)13-7-14-11/h1-7H. The molecule has 15 heavy (non-hydrogen) atoms. The van der Waals surface area contributed by atoms with E-state index in [0.717, 1.165) is 5.56 Å². The number of carbonyl (C=O) groups excluding carboxylic acids is 1. The van der Waals surface area contributed by atoms with E-state index in [0.29, 0.717) is 17.7 Å². The first-order valence-corrected chi connectivity index (χ1v) is 4.33. The molecule has 0 amide bonds. The number of hydrogen-bond donors (Lipinski definition) is 0. The van der Waals surface area contributed by atoms with Crippen LogP contribution in [0.5, 0.6) is 0 Å². The molecule has 0 saturated carbocycles. The first kappa shape index (κ1) is 9.45. The van der Waals surface area contributed by atoms with Gasteiger partial charge in [0.05, 0.1) is 5.69 Å². The summed E-state index contributed by atoms with van der Waals surface area (Å²) in [4.78, 5) is 18.2. The van der Waals surface area contributed by atoms with Gasteiger partial charge in [-0.25, -0.2) is 14.4 Å². The van der Waals surface area contributed by atoms with E-state index in [2.05, 4.69) is 9.97 Å². The average molecular weight is 202 g/mol. The van der Waals surface area contributed by atoms with Gasteiger partial charge in [-0.15, -0.1) is 0 Å². The number of aromatic nitrogens is 2. The zero-order valence-electron chi connectivity index (χ0n) is 7.72. The van der Waals surface area contributed by atoms with Crippen LogP contribution in [-0.4, -0.2) is 16.3 Å². The predicted molar refractivity (Wildman–Crippen MR) is 52.8 cm³/mol. The Hall–Kier alpha value is -2.10. The van der Waals surface area contributed by atoms with Crippen LogP contribution in [0.2, 0.25) is 0 Å². The summed E-state index contributed by atoms with van der Waals surface area (Å²) in [5.41, 5.74) is 1.67. The Morgan fingerprint density at radius 2 is 1.87 bits per heavy atom. The Balaban J connectivity index is 2.44. The van der Waals surface area contributed by atoms with Gasteiger partial charge < -0.3 is 0 Å². The summed E-state index contributed by atoms with van der Waals surface area (Å²) in [6, 6.07) is 7.45. The number of nitrogens with zero attached hydrogens (tertiary/aromatic N) is 2. The summed E-state index contributed by atoms with van der Waals surface area (Å²) in [6.45, 7) is 0. The smallest absolute Gasteiger partial charge is 0.168 e. The normalized spacial score (nSPS) is 9.93. The van der Waals surface area contributed by atoms with E-state index in [-0.39, 0.29) is 5.82 Å². The second kappa shape index (κ2) is 3.96. The molecule has 0 N–H and O–H groups in total. The van der Waals surface area contributed by atoms with Crippen LogP contribution in [0.25, 0.3) is 11.3 Å². The van der Waals surface area contributed by atoms with Crippen molar-refractivity contribution in [3.63, 3.8) is 0 Å². The van der Waals surface area contributed by atoms with Gasteiger partial charge in [0.25, 0.3) is 0 Å². The third kappa shape index (κ3) is 2.04. The molecule has 74 valence electrons. The highest BCUT2D eigenvalue weighted by Crippen LogP contribution is 2.16. The van der Waals surface area contributed by atoms with Crippen molar-refractivity contribution < 1.29 is 9.18 Å². The van der Waals surface area contributed by atoms with Gasteiger partial charge in [0.1, 0.15) is 17.8 Å². The minimum Gasteiger partial charge on any atom is -0.296 e. The first-order valence-electron chi connectivity index (χ1n) is 4.33. The summed E-state index contributed by atoms with van der Waals surface area (Å²) < 4.78 is 12.7. The molecule has 1 aromatic carbocycles. The van der Waals surface area contributed by atoms with E-state index < -0.39 is 0 Å². The molecule has 0 radical (unpaired) electrons. The van der Waals surface area contributed by atoms with E-state index >= 15 is 0 Å². The number of halogens is 1. The van der Waals surface area contributed by atoms with E-state index in [9.17, 15) is 9.18 Å². The quantitative estimate of drug-likeness (QED) is 0.700.